The number of nitrogens with one attached hydrogen (secondary N) is 1. The fourth-order valence-electron chi connectivity index (χ4n) is 2.51. The van der Waals surface area contributed by atoms with E-state index in [2.05, 4.69) is 4.72 Å². The Kier molecular flexibility index (Phi) is 4.47. The first-order valence-corrected chi connectivity index (χ1v) is 9.39. The van der Waals surface area contributed by atoms with Gasteiger partial charge in [-0.15, -0.1) is 0 Å². The van der Waals surface area contributed by atoms with Crippen molar-refractivity contribution in [1.82, 2.24) is 5.06 Å². The number of anilines is 1. The van der Waals surface area contributed by atoms with Gasteiger partial charge in [-0.3, -0.25) is 14.3 Å². The van der Waals surface area contributed by atoms with Crippen molar-refractivity contribution < 1.29 is 27.6 Å². The fourth-order valence-corrected chi connectivity index (χ4v) is 3.06. The fraction of sp³-hybridized carbons (Fsp3) is 0.118. The summed E-state index contributed by atoms with van der Waals surface area (Å²) in [4.78, 5) is 41.3. The lowest BCUT2D eigenvalue weighted by molar-refractivity contribution is -0.167. The standard InChI is InChI=1S/C17H14N2O6S/c1-26(23,24)18-12-6-4-5-11(9-12)10-15(20)25-19-16(21)13-7-2-3-8-14(13)17(19)22/h2-9,18H,10H2,1H3. The summed E-state index contributed by atoms with van der Waals surface area (Å²) < 4.78 is 24.8. The Morgan fingerprint density at radius 1 is 1.04 bits per heavy atom. The highest BCUT2D eigenvalue weighted by molar-refractivity contribution is 7.92. The summed E-state index contributed by atoms with van der Waals surface area (Å²) in [5, 5.41) is 0.436. The molecule has 2 amide bonds. The second kappa shape index (κ2) is 6.60. The van der Waals surface area contributed by atoms with Crippen molar-refractivity contribution in [3.8, 4) is 0 Å². The number of hydrogen-bond acceptors (Lipinski definition) is 6. The van der Waals surface area contributed by atoms with Crippen molar-refractivity contribution in [1.29, 1.82) is 0 Å². The van der Waals surface area contributed by atoms with Crippen LogP contribution >= 0.6 is 0 Å². The molecule has 1 aliphatic heterocycles. The minimum absolute atomic E-state index is 0.171. The molecule has 2 aromatic rings. The van der Waals surface area contributed by atoms with Gasteiger partial charge in [-0.2, -0.15) is 0 Å². The number of carbonyl (C=O) groups is 3. The third-order valence-corrected chi connectivity index (χ3v) is 4.14. The second-order valence-electron chi connectivity index (χ2n) is 5.66. The molecule has 0 spiro atoms. The van der Waals surface area contributed by atoms with E-state index >= 15 is 0 Å². The van der Waals surface area contributed by atoms with Gasteiger partial charge in [-0.05, 0) is 29.8 Å². The van der Waals surface area contributed by atoms with Gasteiger partial charge in [-0.1, -0.05) is 29.3 Å². The SMILES string of the molecule is CS(=O)(=O)Nc1cccc(CC(=O)ON2C(=O)c3ccccc3C2=O)c1. The molecule has 8 nitrogen and oxygen atoms in total. The smallest absolute Gasteiger partial charge is 0.329 e. The summed E-state index contributed by atoms with van der Waals surface area (Å²) in [6.07, 6.45) is 0.767. The van der Waals surface area contributed by atoms with E-state index in [9.17, 15) is 22.8 Å². The zero-order valence-corrected chi connectivity index (χ0v) is 14.4. The maximum absolute atomic E-state index is 12.2. The molecule has 0 aliphatic carbocycles. The van der Waals surface area contributed by atoms with Gasteiger partial charge in [0.25, 0.3) is 11.8 Å². The molecule has 26 heavy (non-hydrogen) atoms. The molecule has 0 radical (unpaired) electrons. The maximum atomic E-state index is 12.2. The summed E-state index contributed by atoms with van der Waals surface area (Å²) in [6, 6.07) is 12.3. The highest BCUT2D eigenvalue weighted by atomic mass is 32.2. The molecule has 0 fully saturated rings. The van der Waals surface area contributed by atoms with Crippen molar-refractivity contribution >= 4 is 33.5 Å². The molecular weight excluding hydrogens is 360 g/mol. The minimum Gasteiger partial charge on any atom is -0.329 e. The Labute approximate surface area is 149 Å². The quantitative estimate of drug-likeness (QED) is 0.791. The molecule has 0 bridgehead atoms. The topological polar surface area (TPSA) is 110 Å². The van der Waals surface area contributed by atoms with E-state index in [1.165, 1.54) is 24.3 Å². The molecule has 134 valence electrons. The van der Waals surface area contributed by atoms with Crippen LogP contribution in [0.5, 0.6) is 0 Å². The number of rotatable bonds is 5. The van der Waals surface area contributed by atoms with Crippen LogP contribution in [0.25, 0.3) is 0 Å². The average Bonchev–Trinajstić information content (AvgIpc) is 2.79. The zero-order valence-electron chi connectivity index (χ0n) is 13.6. The van der Waals surface area contributed by atoms with Gasteiger partial charge >= 0.3 is 5.97 Å². The van der Waals surface area contributed by atoms with Crippen LogP contribution in [0, 0.1) is 0 Å². The van der Waals surface area contributed by atoms with E-state index < -0.39 is 27.8 Å². The Morgan fingerprint density at radius 3 is 2.23 bits per heavy atom. The van der Waals surface area contributed by atoms with Gasteiger partial charge < -0.3 is 4.84 Å². The largest absolute Gasteiger partial charge is 0.337 e. The lowest BCUT2D eigenvalue weighted by atomic mass is 10.1. The first-order chi connectivity index (χ1) is 12.2. The maximum Gasteiger partial charge on any atom is 0.337 e. The number of sulfonamides is 1. The lowest BCUT2D eigenvalue weighted by Crippen LogP contribution is -2.33. The number of amides is 2. The molecule has 3 rings (SSSR count). The molecule has 0 unspecified atom stereocenters. The highest BCUT2D eigenvalue weighted by Gasteiger charge is 2.38. The van der Waals surface area contributed by atoms with Gasteiger partial charge in [0.15, 0.2) is 0 Å². The normalized spacial score (nSPS) is 13.5. The Morgan fingerprint density at radius 2 is 1.65 bits per heavy atom. The summed E-state index contributed by atoms with van der Waals surface area (Å²) in [5.74, 6) is -2.23. The van der Waals surface area contributed by atoms with Gasteiger partial charge in [0, 0.05) is 5.69 Å². The molecule has 0 saturated carbocycles. The van der Waals surface area contributed by atoms with Gasteiger partial charge in [-0.25, -0.2) is 13.2 Å². The Balaban J connectivity index is 1.70. The number of benzene rings is 2. The van der Waals surface area contributed by atoms with Crippen LogP contribution in [0.4, 0.5) is 5.69 Å². The first kappa shape index (κ1) is 17.6. The van der Waals surface area contributed by atoms with Gasteiger partial charge in [0.1, 0.15) is 0 Å². The minimum atomic E-state index is -3.45. The van der Waals surface area contributed by atoms with E-state index in [0.29, 0.717) is 16.3 Å². The summed E-state index contributed by atoms with van der Waals surface area (Å²) >= 11 is 0. The number of fused-ring (bicyclic) bond motifs is 1. The molecule has 9 heteroatoms. The van der Waals surface area contributed by atoms with E-state index in [1.807, 2.05) is 0 Å². The molecule has 1 heterocycles. The van der Waals surface area contributed by atoms with E-state index in [4.69, 9.17) is 4.84 Å². The van der Waals surface area contributed by atoms with Crippen LogP contribution < -0.4 is 4.72 Å². The second-order valence-corrected chi connectivity index (χ2v) is 7.41. The summed E-state index contributed by atoms with van der Waals surface area (Å²) in [5.41, 5.74) is 1.09. The van der Waals surface area contributed by atoms with E-state index in [0.717, 1.165) is 6.26 Å². The molecule has 1 aliphatic rings. The van der Waals surface area contributed by atoms with Crippen LogP contribution in [0.1, 0.15) is 26.3 Å². The van der Waals surface area contributed by atoms with Crippen LogP contribution in [-0.4, -0.2) is 37.5 Å². The molecule has 0 atom stereocenters. The Hall–Kier alpha value is -3.20. The third kappa shape index (κ3) is 3.72. The summed E-state index contributed by atoms with van der Waals surface area (Å²) in [7, 11) is -3.45. The lowest BCUT2D eigenvalue weighted by Gasteiger charge is -2.13. The van der Waals surface area contributed by atoms with Crippen molar-refractivity contribution in [3.05, 3.63) is 65.2 Å². The number of hydroxylamine groups is 2. The molecule has 1 N–H and O–H groups in total. The van der Waals surface area contributed by atoms with E-state index in [-0.39, 0.29) is 17.5 Å². The Bertz CT molecular complexity index is 980. The van der Waals surface area contributed by atoms with Crippen molar-refractivity contribution in [3.63, 3.8) is 0 Å². The van der Waals surface area contributed by atoms with Crippen LogP contribution in [0.15, 0.2) is 48.5 Å². The first-order valence-electron chi connectivity index (χ1n) is 7.50. The molecule has 0 aromatic heterocycles. The number of imide groups is 1. The molecular formula is C17H14N2O6S. The number of carbonyl (C=O) groups excluding carboxylic acids is 3. The van der Waals surface area contributed by atoms with Crippen LogP contribution in [0.2, 0.25) is 0 Å². The zero-order chi connectivity index (χ0) is 18.9. The van der Waals surface area contributed by atoms with E-state index in [1.54, 1.807) is 24.3 Å². The monoisotopic (exact) mass is 374 g/mol. The van der Waals surface area contributed by atoms with Crippen LogP contribution in [-0.2, 0) is 26.1 Å². The predicted octanol–water partition coefficient (Wildman–Crippen LogP) is 1.35. The van der Waals surface area contributed by atoms with Crippen molar-refractivity contribution in [2.45, 2.75) is 6.42 Å². The van der Waals surface area contributed by atoms with Gasteiger partial charge in [0.2, 0.25) is 10.0 Å². The number of hydrogen-bond donors (Lipinski definition) is 1. The van der Waals surface area contributed by atoms with Crippen LogP contribution in [0.3, 0.4) is 0 Å². The molecule has 0 saturated heterocycles. The van der Waals surface area contributed by atoms with Crippen molar-refractivity contribution in [2.75, 3.05) is 11.0 Å². The number of nitrogens with zero attached hydrogens (tertiary/aromatic N) is 1. The third-order valence-electron chi connectivity index (χ3n) is 3.53. The highest BCUT2D eigenvalue weighted by Crippen LogP contribution is 2.23. The van der Waals surface area contributed by atoms with Crippen molar-refractivity contribution in [2.24, 2.45) is 0 Å². The average molecular weight is 374 g/mol. The molecule has 2 aromatic carbocycles. The summed E-state index contributed by atoms with van der Waals surface area (Å²) in [6.45, 7) is 0. The van der Waals surface area contributed by atoms with Gasteiger partial charge in [0.05, 0.1) is 23.8 Å². The predicted molar refractivity (Wildman–Crippen MR) is 91.6 cm³/mol.